The van der Waals surface area contributed by atoms with Gasteiger partial charge in [0.1, 0.15) is 17.5 Å². The molecule has 2 aliphatic rings. The molecule has 4 rings (SSSR count). The number of nitrogens with zero attached hydrogens (tertiary/aromatic N) is 1. The molecular formula is C33H37ClF3NO5. The van der Waals surface area contributed by atoms with Crippen molar-refractivity contribution in [3.8, 4) is 11.5 Å². The van der Waals surface area contributed by atoms with Crippen molar-refractivity contribution in [1.82, 2.24) is 0 Å². The number of Topliss-reactive ketones (excluding diaryl/α,β-unsaturated/α-hetero) is 1. The number of allylic oxidation sites excluding steroid dienone is 2. The van der Waals surface area contributed by atoms with E-state index >= 15 is 0 Å². The molecule has 0 aromatic heterocycles. The molecule has 10 heteroatoms. The van der Waals surface area contributed by atoms with Crippen LogP contribution in [-0.4, -0.2) is 49.0 Å². The highest BCUT2D eigenvalue weighted by Gasteiger charge is 2.36. The van der Waals surface area contributed by atoms with Crippen LogP contribution in [-0.2, 0) is 28.6 Å². The number of aryl methyl sites for hydroxylation is 2. The Bertz CT molecular complexity index is 1400. The molecule has 1 N–H and O–H groups in total. The normalized spacial score (nSPS) is 19.1. The van der Waals surface area contributed by atoms with E-state index in [9.17, 15) is 22.8 Å². The van der Waals surface area contributed by atoms with Gasteiger partial charge in [0.05, 0.1) is 24.7 Å². The molecule has 2 aromatic carbocycles. The minimum absolute atomic E-state index is 0.0142. The zero-order chi connectivity index (χ0) is 31.3. The van der Waals surface area contributed by atoms with Gasteiger partial charge in [0.2, 0.25) is 0 Å². The summed E-state index contributed by atoms with van der Waals surface area (Å²) in [7, 11) is 3.34. The maximum atomic E-state index is 14.4. The topological polar surface area (TPSA) is 76.1 Å². The Morgan fingerprint density at radius 3 is 2.49 bits per heavy atom. The molecule has 0 fully saturated rings. The summed E-state index contributed by atoms with van der Waals surface area (Å²) in [6.07, 6.45) is 4.05. The van der Waals surface area contributed by atoms with Crippen molar-refractivity contribution in [2.45, 2.75) is 69.5 Å². The third-order valence-corrected chi connectivity index (χ3v) is 8.48. The number of carbonyl (C=O) groups excluding carboxylic acids is 1. The summed E-state index contributed by atoms with van der Waals surface area (Å²) in [5.74, 6) is -0.290. The van der Waals surface area contributed by atoms with Gasteiger partial charge in [0, 0.05) is 43.3 Å². The smallest absolute Gasteiger partial charge is 0.416 e. The van der Waals surface area contributed by atoms with Crippen LogP contribution >= 0.6 is 11.6 Å². The van der Waals surface area contributed by atoms with Gasteiger partial charge >= 0.3 is 12.1 Å². The van der Waals surface area contributed by atoms with Gasteiger partial charge in [-0.25, -0.2) is 0 Å². The number of fused-ring (bicyclic) bond motifs is 1. The van der Waals surface area contributed by atoms with Crippen LogP contribution in [0.5, 0.6) is 11.5 Å². The molecule has 3 unspecified atom stereocenters. The zero-order valence-electron chi connectivity index (χ0n) is 24.5. The minimum Gasteiger partial charge on any atom is -0.497 e. The average Bonchev–Trinajstić information content (AvgIpc) is 3.19. The predicted molar refractivity (Wildman–Crippen MR) is 160 cm³/mol. The molecule has 3 atom stereocenters. The van der Waals surface area contributed by atoms with E-state index in [0.717, 1.165) is 11.1 Å². The highest BCUT2D eigenvalue weighted by molar-refractivity contribution is 6.22. The standard InChI is InChI=1S/C33H37ClF3NO5/c1-20-15-24(33(35,36)37)16-23-7-6-22(10-13-29(20)23)32(41)31(21-8-11-25(34)12-9-21)38(2)26-17-27(42-3)19-28(18-26)43-14-4-5-30(39)40/h8-9,11,15-19,22,25,31H,4-7,10,12-14H2,1-3H3,(H,39,40). The van der Waals surface area contributed by atoms with Crippen LogP contribution in [0.15, 0.2) is 54.1 Å². The predicted octanol–water partition coefficient (Wildman–Crippen LogP) is 7.33. The first-order valence-electron chi connectivity index (χ1n) is 14.4. The molecule has 2 aliphatic carbocycles. The van der Waals surface area contributed by atoms with Crippen molar-refractivity contribution in [3.05, 3.63) is 76.4 Å². The molecule has 6 nitrogen and oxygen atoms in total. The van der Waals surface area contributed by atoms with E-state index in [4.69, 9.17) is 26.2 Å². The summed E-state index contributed by atoms with van der Waals surface area (Å²) in [6, 6.07) is 7.04. The van der Waals surface area contributed by atoms with Gasteiger partial charge in [-0.15, -0.1) is 11.6 Å². The van der Waals surface area contributed by atoms with E-state index in [1.54, 1.807) is 25.1 Å². The number of methoxy groups -OCH3 is 1. The number of ketones is 1. The highest BCUT2D eigenvalue weighted by Crippen LogP contribution is 2.37. The second kappa shape index (κ2) is 13.9. The Kier molecular flexibility index (Phi) is 10.5. The van der Waals surface area contributed by atoms with E-state index in [1.807, 2.05) is 30.2 Å². The lowest BCUT2D eigenvalue weighted by molar-refractivity contribution is -0.138. The molecule has 0 aliphatic heterocycles. The number of benzene rings is 2. The largest absolute Gasteiger partial charge is 0.497 e. The number of aliphatic carboxylic acids is 1. The summed E-state index contributed by atoms with van der Waals surface area (Å²) in [6.45, 7) is 1.91. The second-order valence-corrected chi connectivity index (χ2v) is 11.7. The first-order chi connectivity index (χ1) is 20.4. The van der Waals surface area contributed by atoms with E-state index < -0.39 is 23.8 Å². The zero-order valence-corrected chi connectivity index (χ0v) is 25.3. The van der Waals surface area contributed by atoms with E-state index in [2.05, 4.69) is 0 Å². The summed E-state index contributed by atoms with van der Waals surface area (Å²) in [5, 5.41) is 8.74. The van der Waals surface area contributed by atoms with Crippen LogP contribution in [0, 0.1) is 12.8 Å². The van der Waals surface area contributed by atoms with Crippen LogP contribution in [0.25, 0.3) is 0 Å². The Morgan fingerprint density at radius 2 is 1.84 bits per heavy atom. The molecule has 0 saturated carbocycles. The maximum Gasteiger partial charge on any atom is 0.416 e. The summed E-state index contributed by atoms with van der Waals surface area (Å²) < 4.78 is 51.8. The highest BCUT2D eigenvalue weighted by atomic mass is 35.5. The molecule has 43 heavy (non-hydrogen) atoms. The van der Waals surface area contributed by atoms with Crippen LogP contribution in [0.2, 0.25) is 0 Å². The van der Waals surface area contributed by atoms with Gasteiger partial charge in [0.25, 0.3) is 0 Å². The number of carboxylic acids is 1. The lowest BCUT2D eigenvalue weighted by Gasteiger charge is -2.34. The number of carbonyl (C=O) groups is 2. The fraction of sp³-hybridized carbons (Fsp3) is 0.455. The molecule has 0 amide bonds. The van der Waals surface area contributed by atoms with Crippen molar-refractivity contribution in [1.29, 1.82) is 0 Å². The van der Waals surface area contributed by atoms with Crippen molar-refractivity contribution >= 4 is 29.0 Å². The van der Waals surface area contributed by atoms with Gasteiger partial charge in [0.15, 0.2) is 5.78 Å². The Balaban J connectivity index is 1.62. The Hall–Kier alpha value is -3.46. The molecule has 0 heterocycles. The van der Waals surface area contributed by atoms with E-state index in [1.165, 1.54) is 19.2 Å². The number of likely N-dealkylation sites (N-methyl/N-ethyl adjacent to an activating group) is 1. The van der Waals surface area contributed by atoms with Crippen molar-refractivity contribution in [2.24, 2.45) is 5.92 Å². The number of carboxylic acid groups (broad SMARTS) is 1. The molecule has 0 saturated heterocycles. The first kappa shape index (κ1) is 32.5. The molecule has 0 radical (unpaired) electrons. The summed E-state index contributed by atoms with van der Waals surface area (Å²) in [4.78, 5) is 27.1. The number of halogens is 4. The van der Waals surface area contributed by atoms with E-state index in [0.29, 0.717) is 66.8 Å². The van der Waals surface area contributed by atoms with Gasteiger partial charge < -0.3 is 19.5 Å². The summed E-state index contributed by atoms with van der Waals surface area (Å²) >= 11 is 6.30. The summed E-state index contributed by atoms with van der Waals surface area (Å²) in [5.41, 5.74) is 2.96. The van der Waals surface area contributed by atoms with Crippen molar-refractivity contribution < 1.29 is 37.3 Å². The molecule has 2 aromatic rings. The van der Waals surface area contributed by atoms with Crippen LogP contribution in [0.3, 0.4) is 0 Å². The molecular weight excluding hydrogens is 583 g/mol. The number of hydrogen-bond acceptors (Lipinski definition) is 5. The van der Waals surface area contributed by atoms with Crippen molar-refractivity contribution in [3.63, 3.8) is 0 Å². The third kappa shape index (κ3) is 8.13. The van der Waals surface area contributed by atoms with Crippen LogP contribution in [0.4, 0.5) is 18.9 Å². The first-order valence-corrected chi connectivity index (χ1v) is 14.8. The lowest BCUT2D eigenvalue weighted by atomic mass is 9.85. The number of rotatable bonds is 11. The lowest BCUT2D eigenvalue weighted by Crippen LogP contribution is -2.43. The quantitative estimate of drug-likeness (QED) is 0.161. The number of hydrogen-bond donors (Lipinski definition) is 1. The molecule has 232 valence electrons. The van der Waals surface area contributed by atoms with E-state index in [-0.39, 0.29) is 30.1 Å². The minimum atomic E-state index is -4.43. The maximum absolute atomic E-state index is 14.4. The number of alkyl halides is 4. The van der Waals surface area contributed by atoms with Gasteiger partial charge in [-0.2, -0.15) is 13.2 Å². The Morgan fingerprint density at radius 1 is 1.12 bits per heavy atom. The number of anilines is 1. The van der Waals surface area contributed by atoms with Gasteiger partial charge in [-0.05, 0) is 79.8 Å². The van der Waals surface area contributed by atoms with Crippen LogP contribution in [0.1, 0.15) is 54.4 Å². The second-order valence-electron chi connectivity index (χ2n) is 11.1. The van der Waals surface area contributed by atoms with Crippen LogP contribution < -0.4 is 14.4 Å². The SMILES string of the molecule is COc1cc(OCCCC(=O)O)cc(N(C)C(C(=O)C2CCc3cc(C(F)(F)F)cc(C)c3CC2)C2=CCC(Cl)C=C2)c1. The monoisotopic (exact) mass is 619 g/mol. The van der Waals surface area contributed by atoms with Gasteiger partial charge in [-0.1, -0.05) is 18.2 Å². The number of ether oxygens (including phenoxy) is 2. The van der Waals surface area contributed by atoms with Gasteiger partial charge in [-0.3, -0.25) is 9.59 Å². The van der Waals surface area contributed by atoms with Crippen molar-refractivity contribution in [2.75, 3.05) is 25.7 Å². The fourth-order valence-electron chi connectivity index (χ4n) is 5.85. The Labute approximate surface area is 255 Å². The molecule has 0 spiro atoms. The average molecular weight is 620 g/mol. The third-order valence-electron chi connectivity index (χ3n) is 8.16. The fourth-order valence-corrected chi connectivity index (χ4v) is 6.01. The molecule has 0 bridgehead atoms.